The maximum atomic E-state index is 11.1. The molecule has 3 unspecified atom stereocenters. The Bertz CT molecular complexity index is 250. The van der Waals surface area contributed by atoms with E-state index in [0.717, 1.165) is 19.3 Å². The van der Waals surface area contributed by atoms with E-state index in [2.05, 4.69) is 20.8 Å². The summed E-state index contributed by atoms with van der Waals surface area (Å²) in [6, 6.07) is 0. The van der Waals surface area contributed by atoms with Crippen LogP contribution in [0.5, 0.6) is 0 Å². The van der Waals surface area contributed by atoms with Crippen molar-refractivity contribution in [3.8, 4) is 0 Å². The molecule has 3 atom stereocenters. The first kappa shape index (κ1) is 13.9. The van der Waals surface area contributed by atoms with E-state index in [4.69, 9.17) is 0 Å². The highest BCUT2D eigenvalue weighted by Gasteiger charge is 2.39. The average molecular weight is 244 g/mol. The summed E-state index contributed by atoms with van der Waals surface area (Å²) in [5.74, 6) is -0.0449. The number of hydrogen-bond donors (Lipinski definition) is 1. The van der Waals surface area contributed by atoms with Crippen LogP contribution in [0.4, 0.5) is 0 Å². The Labute approximate surface area is 103 Å². The Morgan fingerprint density at radius 2 is 2.06 bits per heavy atom. The molecule has 0 saturated heterocycles. The lowest BCUT2D eigenvalue weighted by atomic mass is 9.67. The van der Waals surface area contributed by atoms with Crippen LogP contribution in [0.1, 0.15) is 46.5 Å². The van der Waals surface area contributed by atoms with Gasteiger partial charge in [-0.2, -0.15) is 11.8 Å². The summed E-state index contributed by atoms with van der Waals surface area (Å²) < 4.78 is 0. The molecule has 0 bridgehead atoms. The van der Waals surface area contributed by atoms with E-state index >= 15 is 0 Å². The van der Waals surface area contributed by atoms with Crippen LogP contribution in [0, 0.1) is 17.3 Å². The molecular weight excluding hydrogens is 220 g/mol. The van der Waals surface area contributed by atoms with Crippen molar-refractivity contribution in [2.75, 3.05) is 6.26 Å². The monoisotopic (exact) mass is 244 g/mol. The zero-order valence-electron chi connectivity index (χ0n) is 10.8. The summed E-state index contributed by atoms with van der Waals surface area (Å²) in [6.45, 7) is 6.86. The Kier molecular flexibility index (Phi) is 4.72. The van der Waals surface area contributed by atoms with Gasteiger partial charge in [0.2, 0.25) is 0 Å². The zero-order chi connectivity index (χ0) is 12.3. The number of carboxylic acids is 1. The van der Waals surface area contributed by atoms with Gasteiger partial charge in [0.05, 0.1) is 5.92 Å². The quantitative estimate of drug-likeness (QED) is 0.820. The fourth-order valence-electron chi connectivity index (χ4n) is 2.67. The summed E-state index contributed by atoms with van der Waals surface area (Å²) >= 11 is 1.73. The second-order valence-electron chi connectivity index (χ2n) is 5.57. The van der Waals surface area contributed by atoms with Gasteiger partial charge in [0, 0.05) is 5.25 Å². The second-order valence-corrected chi connectivity index (χ2v) is 6.65. The molecule has 0 spiro atoms. The summed E-state index contributed by atoms with van der Waals surface area (Å²) in [5.41, 5.74) is 0.359. The highest BCUT2D eigenvalue weighted by molar-refractivity contribution is 7.99. The molecule has 0 aliphatic heterocycles. The van der Waals surface area contributed by atoms with Gasteiger partial charge in [-0.05, 0) is 36.9 Å². The van der Waals surface area contributed by atoms with Crippen LogP contribution in [0.2, 0.25) is 0 Å². The molecular formula is C13H24O2S. The van der Waals surface area contributed by atoms with E-state index in [1.54, 1.807) is 11.8 Å². The third-order valence-electron chi connectivity index (χ3n) is 4.43. The fraction of sp³-hybridized carbons (Fsp3) is 0.923. The smallest absolute Gasteiger partial charge is 0.307 e. The van der Waals surface area contributed by atoms with Gasteiger partial charge in [-0.3, -0.25) is 4.79 Å². The van der Waals surface area contributed by atoms with Gasteiger partial charge in [-0.25, -0.2) is 0 Å². The van der Waals surface area contributed by atoms with E-state index in [1.807, 2.05) is 6.26 Å². The molecule has 1 saturated carbocycles. The first-order valence-corrected chi connectivity index (χ1v) is 7.46. The molecule has 0 amide bonds. The lowest BCUT2D eigenvalue weighted by Gasteiger charge is -2.41. The molecule has 0 aromatic carbocycles. The minimum absolute atomic E-state index is 0.126. The molecule has 0 heterocycles. The molecule has 1 aliphatic rings. The Morgan fingerprint density at radius 1 is 1.44 bits per heavy atom. The third-order valence-corrected chi connectivity index (χ3v) is 5.55. The summed E-state index contributed by atoms with van der Waals surface area (Å²) in [7, 11) is 0. The molecule has 0 radical (unpaired) electrons. The Balaban J connectivity index is 2.69. The third kappa shape index (κ3) is 2.93. The normalized spacial score (nSPS) is 31.4. The number of hydrogen-bond acceptors (Lipinski definition) is 2. The van der Waals surface area contributed by atoms with E-state index in [1.165, 1.54) is 6.42 Å². The Morgan fingerprint density at radius 3 is 2.50 bits per heavy atom. The molecule has 2 nitrogen and oxygen atoms in total. The minimum atomic E-state index is -0.605. The van der Waals surface area contributed by atoms with Crippen molar-refractivity contribution >= 4 is 17.7 Å². The molecule has 0 aromatic heterocycles. The van der Waals surface area contributed by atoms with Crippen LogP contribution in [0.3, 0.4) is 0 Å². The molecule has 3 heteroatoms. The van der Waals surface area contributed by atoms with Crippen molar-refractivity contribution in [2.45, 2.75) is 51.7 Å². The van der Waals surface area contributed by atoms with Crippen molar-refractivity contribution in [2.24, 2.45) is 17.3 Å². The number of thioether (sulfide) groups is 1. The van der Waals surface area contributed by atoms with Gasteiger partial charge in [0.15, 0.2) is 0 Å². The number of rotatable bonds is 4. The SMILES string of the molecule is CCC(C)(C)C1CCC(C(=O)O)C(SC)C1. The van der Waals surface area contributed by atoms with Gasteiger partial charge in [-0.15, -0.1) is 0 Å². The standard InChI is InChI=1S/C13H24O2S/c1-5-13(2,3)9-6-7-10(12(14)15)11(8-9)16-4/h9-11H,5-8H2,1-4H3,(H,14,15). The minimum Gasteiger partial charge on any atom is -0.481 e. The first-order chi connectivity index (χ1) is 7.42. The Hall–Kier alpha value is -0.180. The maximum absolute atomic E-state index is 11.1. The topological polar surface area (TPSA) is 37.3 Å². The van der Waals surface area contributed by atoms with Gasteiger partial charge in [0.1, 0.15) is 0 Å². The van der Waals surface area contributed by atoms with Crippen LogP contribution in [-0.2, 0) is 4.79 Å². The summed E-state index contributed by atoms with van der Waals surface area (Å²) in [4.78, 5) is 11.1. The zero-order valence-corrected chi connectivity index (χ0v) is 11.6. The van der Waals surface area contributed by atoms with Crippen LogP contribution in [-0.4, -0.2) is 22.6 Å². The average Bonchev–Trinajstić information content (AvgIpc) is 2.27. The van der Waals surface area contributed by atoms with Crippen molar-refractivity contribution in [3.05, 3.63) is 0 Å². The van der Waals surface area contributed by atoms with Gasteiger partial charge >= 0.3 is 5.97 Å². The predicted molar refractivity (Wildman–Crippen MR) is 69.8 cm³/mol. The predicted octanol–water partition coefficient (Wildman–Crippen LogP) is 3.66. The van der Waals surface area contributed by atoms with Crippen molar-refractivity contribution in [3.63, 3.8) is 0 Å². The molecule has 1 fully saturated rings. The first-order valence-electron chi connectivity index (χ1n) is 6.18. The van der Waals surface area contributed by atoms with Crippen LogP contribution in [0.25, 0.3) is 0 Å². The lowest BCUT2D eigenvalue weighted by Crippen LogP contribution is -2.37. The lowest BCUT2D eigenvalue weighted by molar-refractivity contribution is -0.143. The summed E-state index contributed by atoms with van der Waals surface area (Å²) in [5, 5.41) is 9.48. The largest absolute Gasteiger partial charge is 0.481 e. The second kappa shape index (κ2) is 5.44. The van der Waals surface area contributed by atoms with Crippen LogP contribution >= 0.6 is 11.8 Å². The maximum Gasteiger partial charge on any atom is 0.307 e. The van der Waals surface area contributed by atoms with Gasteiger partial charge in [0.25, 0.3) is 0 Å². The molecule has 16 heavy (non-hydrogen) atoms. The van der Waals surface area contributed by atoms with Crippen molar-refractivity contribution in [1.29, 1.82) is 0 Å². The fourth-order valence-corrected chi connectivity index (χ4v) is 3.68. The molecule has 1 aliphatic carbocycles. The van der Waals surface area contributed by atoms with Gasteiger partial charge in [-0.1, -0.05) is 27.2 Å². The molecule has 1 N–H and O–H groups in total. The summed E-state index contributed by atoms with van der Waals surface area (Å²) in [6.07, 6.45) is 6.22. The van der Waals surface area contributed by atoms with E-state index in [-0.39, 0.29) is 5.92 Å². The molecule has 94 valence electrons. The van der Waals surface area contributed by atoms with Crippen molar-refractivity contribution < 1.29 is 9.90 Å². The van der Waals surface area contributed by atoms with Crippen LogP contribution < -0.4 is 0 Å². The molecule has 1 rings (SSSR count). The van der Waals surface area contributed by atoms with E-state index < -0.39 is 5.97 Å². The van der Waals surface area contributed by atoms with Crippen LogP contribution in [0.15, 0.2) is 0 Å². The van der Waals surface area contributed by atoms with Crippen molar-refractivity contribution in [1.82, 2.24) is 0 Å². The van der Waals surface area contributed by atoms with Gasteiger partial charge < -0.3 is 5.11 Å². The number of aliphatic carboxylic acids is 1. The van der Waals surface area contributed by atoms with E-state index in [0.29, 0.717) is 16.6 Å². The van der Waals surface area contributed by atoms with E-state index in [9.17, 15) is 9.90 Å². The molecule has 0 aromatic rings. The number of carboxylic acid groups (broad SMARTS) is 1. The highest BCUT2D eigenvalue weighted by atomic mass is 32.2. The highest BCUT2D eigenvalue weighted by Crippen LogP contribution is 2.45. The number of carbonyl (C=O) groups is 1.